The third-order valence-electron chi connectivity index (χ3n) is 1.95. The van der Waals surface area contributed by atoms with Crippen molar-refractivity contribution in [1.82, 2.24) is 0 Å². The quantitative estimate of drug-likeness (QED) is 0.344. The van der Waals surface area contributed by atoms with Crippen LogP contribution in [-0.4, -0.2) is 12.8 Å². The zero-order valence-electron chi connectivity index (χ0n) is 8.54. The Balaban J connectivity index is 4.20. The Kier molecular flexibility index (Phi) is 6.53. The maximum Gasteiger partial charge on any atom is 0.0509 e. The van der Waals surface area contributed by atoms with Crippen molar-refractivity contribution in [3.8, 4) is 0 Å². The van der Waals surface area contributed by atoms with Crippen LogP contribution in [0.5, 0.6) is 0 Å². The second kappa shape index (κ2) is 6.95. The SMILES string of the molecule is CCC/C(=N\N=NC)C(C)CC. The second-order valence-corrected chi connectivity index (χ2v) is 2.94. The summed E-state index contributed by atoms with van der Waals surface area (Å²) in [6.07, 6.45) is 3.29. The molecule has 0 aromatic rings. The summed E-state index contributed by atoms with van der Waals surface area (Å²) < 4.78 is 0. The smallest absolute Gasteiger partial charge is 0.0509 e. The largest absolute Gasteiger partial charge is 0.172 e. The molecule has 0 heterocycles. The molecule has 3 nitrogen and oxygen atoms in total. The molecule has 0 bridgehead atoms. The minimum Gasteiger partial charge on any atom is -0.172 e. The van der Waals surface area contributed by atoms with Gasteiger partial charge in [-0.3, -0.25) is 0 Å². The van der Waals surface area contributed by atoms with E-state index in [-0.39, 0.29) is 0 Å². The summed E-state index contributed by atoms with van der Waals surface area (Å²) in [5, 5.41) is 11.4. The average molecular weight is 169 g/mol. The Labute approximate surface area is 75.0 Å². The summed E-state index contributed by atoms with van der Waals surface area (Å²) in [4.78, 5) is 0. The zero-order chi connectivity index (χ0) is 9.40. The fraction of sp³-hybridized carbons (Fsp3) is 0.889. The molecule has 0 saturated heterocycles. The third-order valence-corrected chi connectivity index (χ3v) is 1.95. The fourth-order valence-corrected chi connectivity index (χ4v) is 0.989. The van der Waals surface area contributed by atoms with Gasteiger partial charge in [-0.25, -0.2) is 0 Å². The van der Waals surface area contributed by atoms with E-state index in [2.05, 4.69) is 36.2 Å². The van der Waals surface area contributed by atoms with Gasteiger partial charge < -0.3 is 0 Å². The summed E-state index contributed by atoms with van der Waals surface area (Å²) in [6, 6.07) is 0. The number of hydrogen-bond donors (Lipinski definition) is 0. The number of nitrogens with zero attached hydrogens (tertiary/aromatic N) is 3. The molecule has 3 heteroatoms. The Morgan fingerprint density at radius 2 is 2.00 bits per heavy atom. The molecule has 0 radical (unpaired) electrons. The van der Waals surface area contributed by atoms with E-state index in [1.807, 2.05) is 0 Å². The molecule has 0 fully saturated rings. The topological polar surface area (TPSA) is 37.1 Å². The van der Waals surface area contributed by atoms with Crippen molar-refractivity contribution in [3.05, 3.63) is 0 Å². The summed E-state index contributed by atoms with van der Waals surface area (Å²) in [5.74, 6) is 0.537. The van der Waals surface area contributed by atoms with Crippen LogP contribution in [0.1, 0.15) is 40.0 Å². The van der Waals surface area contributed by atoms with Gasteiger partial charge in [-0.15, -0.1) is 5.10 Å². The molecule has 0 amide bonds. The Morgan fingerprint density at radius 1 is 1.33 bits per heavy atom. The Bertz CT molecular complexity index is 161. The van der Waals surface area contributed by atoms with Crippen molar-refractivity contribution in [1.29, 1.82) is 0 Å². The first kappa shape index (κ1) is 11.3. The highest BCUT2D eigenvalue weighted by Crippen LogP contribution is 2.09. The first-order valence-electron chi connectivity index (χ1n) is 4.61. The van der Waals surface area contributed by atoms with E-state index >= 15 is 0 Å². The maximum atomic E-state index is 4.08. The molecule has 0 aliphatic carbocycles. The molecule has 0 aromatic heterocycles. The van der Waals surface area contributed by atoms with Gasteiger partial charge in [-0.1, -0.05) is 27.2 Å². The Hall–Kier alpha value is -0.730. The lowest BCUT2D eigenvalue weighted by Gasteiger charge is -2.09. The van der Waals surface area contributed by atoms with Crippen LogP contribution in [0.3, 0.4) is 0 Å². The maximum absolute atomic E-state index is 4.08. The minimum atomic E-state index is 0.537. The highest BCUT2D eigenvalue weighted by molar-refractivity contribution is 5.86. The summed E-state index contributed by atoms with van der Waals surface area (Å²) >= 11 is 0. The lowest BCUT2D eigenvalue weighted by molar-refractivity contribution is 0.708. The van der Waals surface area contributed by atoms with Gasteiger partial charge in [0, 0.05) is 5.71 Å². The van der Waals surface area contributed by atoms with Gasteiger partial charge >= 0.3 is 0 Å². The van der Waals surface area contributed by atoms with Gasteiger partial charge in [0.05, 0.1) is 7.05 Å². The van der Waals surface area contributed by atoms with Crippen molar-refractivity contribution in [3.63, 3.8) is 0 Å². The molecule has 0 spiro atoms. The van der Waals surface area contributed by atoms with Crippen LogP contribution >= 0.6 is 0 Å². The molecular weight excluding hydrogens is 150 g/mol. The summed E-state index contributed by atoms with van der Waals surface area (Å²) in [6.45, 7) is 6.50. The van der Waals surface area contributed by atoms with Crippen molar-refractivity contribution in [2.45, 2.75) is 40.0 Å². The standard InChI is InChI=1S/C9H19N3/c1-5-7-9(8(3)6-2)11-12-10-4/h8H,5-7H2,1-4H3/b11-9+,12-10?. The summed E-state index contributed by atoms with van der Waals surface area (Å²) in [7, 11) is 1.64. The molecule has 0 aliphatic heterocycles. The first-order chi connectivity index (χ1) is 5.76. The molecule has 12 heavy (non-hydrogen) atoms. The van der Waals surface area contributed by atoms with Gasteiger partial charge in [0.15, 0.2) is 0 Å². The van der Waals surface area contributed by atoms with Crippen LogP contribution in [0.2, 0.25) is 0 Å². The second-order valence-electron chi connectivity index (χ2n) is 2.94. The molecule has 0 saturated carbocycles. The predicted molar refractivity (Wildman–Crippen MR) is 52.6 cm³/mol. The van der Waals surface area contributed by atoms with Crippen LogP contribution in [0.15, 0.2) is 15.4 Å². The molecule has 0 aromatic carbocycles. The monoisotopic (exact) mass is 169 g/mol. The first-order valence-corrected chi connectivity index (χ1v) is 4.61. The molecule has 70 valence electrons. The molecule has 1 atom stereocenters. The molecule has 0 aliphatic rings. The van der Waals surface area contributed by atoms with E-state index < -0.39 is 0 Å². The summed E-state index contributed by atoms with van der Waals surface area (Å²) in [5.41, 5.74) is 1.17. The highest BCUT2D eigenvalue weighted by Gasteiger charge is 2.06. The predicted octanol–water partition coefficient (Wildman–Crippen LogP) is 3.27. The third kappa shape index (κ3) is 4.21. The van der Waals surface area contributed by atoms with E-state index in [1.165, 1.54) is 5.71 Å². The van der Waals surface area contributed by atoms with Crippen molar-refractivity contribution in [2.24, 2.45) is 21.4 Å². The van der Waals surface area contributed by atoms with Gasteiger partial charge in [-0.2, -0.15) is 5.11 Å². The fourth-order valence-electron chi connectivity index (χ4n) is 0.989. The van der Waals surface area contributed by atoms with Crippen LogP contribution in [0.25, 0.3) is 0 Å². The van der Waals surface area contributed by atoms with Gasteiger partial charge in [0.2, 0.25) is 0 Å². The average Bonchev–Trinajstić information content (AvgIpc) is 2.11. The number of rotatable bonds is 5. The van der Waals surface area contributed by atoms with Crippen LogP contribution in [-0.2, 0) is 0 Å². The van der Waals surface area contributed by atoms with Gasteiger partial charge in [-0.05, 0) is 24.0 Å². The van der Waals surface area contributed by atoms with E-state index in [0.29, 0.717) is 5.92 Å². The number of hydrogen-bond acceptors (Lipinski definition) is 2. The van der Waals surface area contributed by atoms with E-state index in [9.17, 15) is 0 Å². The van der Waals surface area contributed by atoms with E-state index in [4.69, 9.17) is 0 Å². The van der Waals surface area contributed by atoms with Crippen LogP contribution < -0.4 is 0 Å². The van der Waals surface area contributed by atoms with Crippen molar-refractivity contribution in [2.75, 3.05) is 7.05 Å². The lowest BCUT2D eigenvalue weighted by Crippen LogP contribution is -2.09. The molecule has 0 rings (SSSR count). The normalized spacial score (nSPS) is 15.5. The Morgan fingerprint density at radius 3 is 2.42 bits per heavy atom. The molecular formula is C9H19N3. The zero-order valence-corrected chi connectivity index (χ0v) is 8.54. The van der Waals surface area contributed by atoms with Crippen molar-refractivity contribution >= 4 is 5.71 Å². The van der Waals surface area contributed by atoms with Crippen LogP contribution in [0, 0.1) is 5.92 Å². The lowest BCUT2D eigenvalue weighted by atomic mass is 9.99. The van der Waals surface area contributed by atoms with Crippen LogP contribution in [0.4, 0.5) is 0 Å². The van der Waals surface area contributed by atoms with Gasteiger partial charge in [0.1, 0.15) is 0 Å². The van der Waals surface area contributed by atoms with E-state index in [1.54, 1.807) is 7.05 Å². The van der Waals surface area contributed by atoms with Crippen molar-refractivity contribution < 1.29 is 0 Å². The van der Waals surface area contributed by atoms with E-state index in [0.717, 1.165) is 19.3 Å². The molecule has 0 N–H and O–H groups in total. The molecule has 1 unspecified atom stereocenters. The minimum absolute atomic E-state index is 0.537. The van der Waals surface area contributed by atoms with Gasteiger partial charge in [0.25, 0.3) is 0 Å². The highest BCUT2D eigenvalue weighted by atomic mass is 15.4.